The predicted molar refractivity (Wildman–Crippen MR) is 88.3 cm³/mol. The van der Waals surface area contributed by atoms with Gasteiger partial charge in [0.25, 0.3) is 0 Å². The number of rotatable bonds is 5. The third-order valence-electron chi connectivity index (χ3n) is 2.59. The van der Waals surface area contributed by atoms with Gasteiger partial charge in [-0.3, -0.25) is 4.79 Å². The molecule has 0 atom stereocenters. The minimum absolute atomic E-state index is 0.0593. The van der Waals surface area contributed by atoms with Crippen LogP contribution in [-0.2, 0) is 11.2 Å². The summed E-state index contributed by atoms with van der Waals surface area (Å²) in [4.78, 5) is 15.7. The van der Waals surface area contributed by atoms with E-state index in [4.69, 9.17) is 10.5 Å². The van der Waals surface area contributed by atoms with Gasteiger partial charge in [0.1, 0.15) is 0 Å². The maximum absolute atomic E-state index is 11.7. The highest BCUT2D eigenvalue weighted by Crippen LogP contribution is 2.32. The van der Waals surface area contributed by atoms with Gasteiger partial charge in [0.2, 0.25) is 5.91 Å². The lowest BCUT2D eigenvalue weighted by molar-refractivity contribution is -0.120. The van der Waals surface area contributed by atoms with Gasteiger partial charge >= 0.3 is 0 Å². The Bertz CT molecular complexity index is 717. The number of halogens is 1. The summed E-state index contributed by atoms with van der Waals surface area (Å²) in [5.41, 5.74) is 8.84. The van der Waals surface area contributed by atoms with Crippen molar-refractivity contribution >= 4 is 44.5 Å². The van der Waals surface area contributed by atoms with E-state index < -0.39 is 0 Å². The van der Waals surface area contributed by atoms with Crippen molar-refractivity contribution in [3.05, 3.63) is 33.2 Å². The molecule has 1 aromatic carbocycles. The number of aromatic hydroxyl groups is 1. The molecule has 0 aliphatic carbocycles. The number of thiazole rings is 1. The van der Waals surface area contributed by atoms with Crippen LogP contribution in [0.1, 0.15) is 11.3 Å². The smallest absolute Gasteiger partial charge is 0.246 e. The molecule has 22 heavy (non-hydrogen) atoms. The normalized spacial score (nSPS) is 10.8. The van der Waals surface area contributed by atoms with Crippen LogP contribution in [0.4, 0.5) is 5.13 Å². The minimum Gasteiger partial charge on any atom is -0.504 e. The van der Waals surface area contributed by atoms with E-state index in [2.05, 4.69) is 31.4 Å². The molecule has 0 saturated heterocycles. The Morgan fingerprint density at radius 1 is 1.64 bits per heavy atom. The number of phenols is 1. The number of phenolic OH excluding ortho intramolecular Hbond substituents is 1. The molecular formula is C13H13BrN4O3S. The Morgan fingerprint density at radius 3 is 3.05 bits per heavy atom. The van der Waals surface area contributed by atoms with Gasteiger partial charge in [0.05, 0.1) is 25.4 Å². The molecule has 0 spiro atoms. The molecule has 9 heteroatoms. The second-order valence-corrected chi connectivity index (χ2v) is 6.00. The fourth-order valence-corrected chi connectivity index (χ4v) is 2.65. The number of hydrazone groups is 1. The summed E-state index contributed by atoms with van der Waals surface area (Å²) in [5.74, 6) is -0.0842. The van der Waals surface area contributed by atoms with Crippen molar-refractivity contribution in [3.63, 3.8) is 0 Å². The number of nitrogens with one attached hydrogen (secondary N) is 1. The van der Waals surface area contributed by atoms with Gasteiger partial charge in [-0.25, -0.2) is 10.4 Å². The molecule has 1 amide bonds. The highest BCUT2D eigenvalue weighted by Gasteiger charge is 2.09. The first-order chi connectivity index (χ1) is 10.5. The number of amides is 1. The third-order valence-corrected chi connectivity index (χ3v) is 3.77. The summed E-state index contributed by atoms with van der Waals surface area (Å²) >= 11 is 4.57. The van der Waals surface area contributed by atoms with E-state index in [0.29, 0.717) is 26.6 Å². The Hall–Kier alpha value is -2.13. The van der Waals surface area contributed by atoms with E-state index in [9.17, 15) is 9.90 Å². The Morgan fingerprint density at radius 2 is 2.41 bits per heavy atom. The summed E-state index contributed by atoms with van der Waals surface area (Å²) in [6.07, 6.45) is 1.41. The first-order valence-corrected chi connectivity index (χ1v) is 7.75. The van der Waals surface area contributed by atoms with Crippen LogP contribution >= 0.6 is 27.3 Å². The highest BCUT2D eigenvalue weighted by molar-refractivity contribution is 9.10. The maximum atomic E-state index is 11.7. The Balaban J connectivity index is 2.00. The number of nitrogens with two attached hydrogens (primary N) is 1. The Kier molecular flexibility index (Phi) is 5.34. The van der Waals surface area contributed by atoms with Gasteiger partial charge in [-0.2, -0.15) is 5.10 Å². The van der Waals surface area contributed by atoms with Crippen molar-refractivity contribution in [3.8, 4) is 11.5 Å². The number of aromatic nitrogens is 1. The maximum Gasteiger partial charge on any atom is 0.246 e. The zero-order valence-electron chi connectivity index (χ0n) is 11.5. The zero-order chi connectivity index (χ0) is 16.1. The van der Waals surface area contributed by atoms with Gasteiger partial charge in [-0.15, -0.1) is 11.3 Å². The Labute approximate surface area is 139 Å². The van der Waals surface area contributed by atoms with Gasteiger partial charge in [0.15, 0.2) is 16.6 Å². The number of ether oxygens (including phenoxy) is 1. The molecule has 0 saturated carbocycles. The fraction of sp³-hybridized carbons (Fsp3) is 0.154. The van der Waals surface area contributed by atoms with E-state index >= 15 is 0 Å². The summed E-state index contributed by atoms with van der Waals surface area (Å²) in [7, 11) is 1.45. The molecule has 2 aromatic rings. The standard InChI is InChI=1S/C13H13BrN4O3S/c1-21-10-3-8(14)2-7(12(10)20)5-16-18-11(19)4-9-6-22-13(15)17-9/h2-3,5-6,20H,4H2,1H3,(H2,15,17)(H,18,19)/b16-5+. The number of anilines is 1. The zero-order valence-corrected chi connectivity index (χ0v) is 13.9. The van der Waals surface area contributed by atoms with Crippen LogP contribution in [-0.4, -0.2) is 29.3 Å². The largest absolute Gasteiger partial charge is 0.504 e. The van der Waals surface area contributed by atoms with Crippen LogP contribution in [0.25, 0.3) is 0 Å². The summed E-state index contributed by atoms with van der Waals surface area (Å²) in [6, 6.07) is 3.27. The molecular weight excluding hydrogens is 372 g/mol. The molecule has 0 aliphatic heterocycles. The van der Waals surface area contributed by atoms with Gasteiger partial charge in [-0.05, 0) is 12.1 Å². The van der Waals surface area contributed by atoms with Crippen LogP contribution in [0.2, 0.25) is 0 Å². The number of benzene rings is 1. The molecule has 7 nitrogen and oxygen atoms in total. The molecule has 0 bridgehead atoms. The molecule has 116 valence electrons. The van der Waals surface area contributed by atoms with E-state index in [1.54, 1.807) is 17.5 Å². The average molecular weight is 385 g/mol. The number of carbonyl (C=O) groups is 1. The van der Waals surface area contributed by atoms with Gasteiger partial charge in [-0.1, -0.05) is 15.9 Å². The monoisotopic (exact) mass is 384 g/mol. The molecule has 4 N–H and O–H groups in total. The van der Waals surface area contributed by atoms with Crippen molar-refractivity contribution in [2.24, 2.45) is 5.10 Å². The molecule has 0 radical (unpaired) electrons. The summed E-state index contributed by atoms with van der Waals surface area (Å²) < 4.78 is 5.74. The first kappa shape index (κ1) is 16.2. The quantitative estimate of drug-likeness (QED) is 0.538. The SMILES string of the molecule is COc1cc(Br)cc(/C=N/NC(=O)Cc2csc(N)n2)c1O. The van der Waals surface area contributed by atoms with Gasteiger partial charge in [0, 0.05) is 15.4 Å². The number of nitrogen functional groups attached to an aromatic ring is 1. The second-order valence-electron chi connectivity index (χ2n) is 4.19. The topological polar surface area (TPSA) is 110 Å². The fourth-order valence-electron chi connectivity index (χ4n) is 1.63. The van der Waals surface area contributed by atoms with Crippen LogP contribution in [0.15, 0.2) is 27.1 Å². The predicted octanol–water partition coefficient (Wildman–Crippen LogP) is 1.89. The van der Waals surface area contributed by atoms with Crippen molar-refractivity contribution < 1.29 is 14.6 Å². The van der Waals surface area contributed by atoms with Crippen LogP contribution in [0.5, 0.6) is 11.5 Å². The van der Waals surface area contributed by atoms with E-state index in [1.807, 2.05) is 0 Å². The summed E-state index contributed by atoms with van der Waals surface area (Å²) in [5, 5.41) is 15.9. The van der Waals surface area contributed by atoms with E-state index in [0.717, 1.165) is 0 Å². The van der Waals surface area contributed by atoms with Crippen LogP contribution in [0.3, 0.4) is 0 Å². The number of nitrogens with zero attached hydrogens (tertiary/aromatic N) is 2. The molecule has 1 aromatic heterocycles. The summed E-state index contributed by atoms with van der Waals surface area (Å²) in [6.45, 7) is 0. The minimum atomic E-state index is -0.331. The van der Waals surface area contributed by atoms with Crippen molar-refractivity contribution in [2.45, 2.75) is 6.42 Å². The third kappa shape index (κ3) is 4.18. The molecule has 0 unspecified atom stereocenters. The van der Waals surface area contributed by atoms with Crippen LogP contribution in [0, 0.1) is 0 Å². The number of methoxy groups -OCH3 is 1. The van der Waals surface area contributed by atoms with Gasteiger partial charge < -0.3 is 15.6 Å². The number of hydrogen-bond donors (Lipinski definition) is 3. The number of hydrogen-bond acceptors (Lipinski definition) is 7. The lowest BCUT2D eigenvalue weighted by Gasteiger charge is -2.06. The lowest BCUT2D eigenvalue weighted by Crippen LogP contribution is -2.20. The van der Waals surface area contributed by atoms with Crippen molar-refractivity contribution in [2.75, 3.05) is 12.8 Å². The molecule has 2 rings (SSSR count). The lowest BCUT2D eigenvalue weighted by atomic mass is 10.2. The van der Waals surface area contributed by atoms with Crippen molar-refractivity contribution in [1.29, 1.82) is 0 Å². The molecule has 1 heterocycles. The van der Waals surface area contributed by atoms with Crippen molar-refractivity contribution in [1.82, 2.24) is 10.4 Å². The average Bonchev–Trinajstić information content (AvgIpc) is 2.87. The van der Waals surface area contributed by atoms with Crippen LogP contribution < -0.4 is 15.9 Å². The molecule has 0 fully saturated rings. The first-order valence-electron chi connectivity index (χ1n) is 6.08. The molecule has 0 aliphatic rings. The van der Waals surface area contributed by atoms with E-state index in [-0.39, 0.29) is 18.1 Å². The second kappa shape index (κ2) is 7.23. The van der Waals surface area contributed by atoms with E-state index in [1.165, 1.54) is 24.7 Å². The number of carbonyl (C=O) groups excluding carboxylic acids is 1. The highest BCUT2D eigenvalue weighted by atomic mass is 79.9.